The molecule has 2 N–H and O–H groups in total. The second kappa shape index (κ2) is 6.90. The van der Waals surface area contributed by atoms with Crippen molar-refractivity contribution in [2.45, 2.75) is 18.1 Å². The Balaban J connectivity index is 0.00000324. The molecule has 9 heteroatoms. The number of nitrogens with zero attached hydrogens (tertiary/aromatic N) is 1. The Morgan fingerprint density at radius 1 is 1.53 bits per heavy atom. The van der Waals surface area contributed by atoms with Crippen molar-refractivity contribution in [1.29, 1.82) is 0 Å². The van der Waals surface area contributed by atoms with Gasteiger partial charge in [0.25, 0.3) is 10.0 Å². The summed E-state index contributed by atoms with van der Waals surface area (Å²) in [4.78, 5) is 11.2. The number of hydrogen-bond donors (Lipinski definition) is 1. The number of rotatable bonds is 5. The Morgan fingerprint density at radius 2 is 2.11 bits per heavy atom. The number of ether oxygens (including phenoxy) is 1. The average molecular weight is 313 g/mol. The lowest BCUT2D eigenvalue weighted by molar-refractivity contribution is 0.0558. The molecular formula is C10H17ClN2O5S. The van der Waals surface area contributed by atoms with E-state index < -0.39 is 16.0 Å². The van der Waals surface area contributed by atoms with Crippen molar-refractivity contribution in [2.24, 2.45) is 5.73 Å². The van der Waals surface area contributed by atoms with Gasteiger partial charge in [0.05, 0.1) is 7.11 Å². The van der Waals surface area contributed by atoms with E-state index in [9.17, 15) is 13.2 Å². The number of nitrogens with two attached hydrogens (primary N) is 1. The second-order valence-corrected chi connectivity index (χ2v) is 5.64. The molecule has 0 saturated heterocycles. The smallest absolute Gasteiger partial charge is 0.374 e. The molecule has 1 unspecified atom stereocenters. The summed E-state index contributed by atoms with van der Waals surface area (Å²) in [5, 5.41) is -0.314. The Hall–Kier alpha value is -1.09. The van der Waals surface area contributed by atoms with Crippen molar-refractivity contribution < 1.29 is 22.4 Å². The third kappa shape index (κ3) is 3.69. The minimum absolute atomic E-state index is 0. The number of likely N-dealkylation sites (N-methyl/N-ethyl adjacent to an activating group) is 1. The van der Waals surface area contributed by atoms with Crippen LogP contribution in [0.2, 0.25) is 0 Å². The molecule has 7 nitrogen and oxygen atoms in total. The standard InChI is InChI=1S/C10H16N2O5S.ClH/c1-7(6-11)12(2)18(14,15)9-5-4-8(17-9)10(13)16-3;/h4-5,7H,6,11H2,1-3H3;1H. The fourth-order valence-corrected chi connectivity index (χ4v) is 2.48. The van der Waals surface area contributed by atoms with Crippen molar-refractivity contribution in [1.82, 2.24) is 4.31 Å². The van der Waals surface area contributed by atoms with Crippen molar-refractivity contribution >= 4 is 28.4 Å². The van der Waals surface area contributed by atoms with Crippen LogP contribution in [0.4, 0.5) is 0 Å². The van der Waals surface area contributed by atoms with Gasteiger partial charge in [-0.15, -0.1) is 12.4 Å². The lowest BCUT2D eigenvalue weighted by Crippen LogP contribution is -2.39. The molecule has 0 spiro atoms. The van der Waals surface area contributed by atoms with Gasteiger partial charge in [0.1, 0.15) is 0 Å². The van der Waals surface area contributed by atoms with Crippen LogP contribution in [0.5, 0.6) is 0 Å². The largest absolute Gasteiger partial charge is 0.463 e. The predicted octanol–water partition coefficient (Wildman–Crippen LogP) is 0.456. The average Bonchev–Trinajstić information content (AvgIpc) is 2.86. The van der Waals surface area contributed by atoms with Gasteiger partial charge in [-0.05, 0) is 19.1 Å². The van der Waals surface area contributed by atoms with Gasteiger partial charge in [0.2, 0.25) is 10.9 Å². The lowest BCUT2D eigenvalue weighted by atomic mass is 10.4. The van der Waals surface area contributed by atoms with E-state index in [1.54, 1.807) is 6.92 Å². The van der Waals surface area contributed by atoms with E-state index >= 15 is 0 Å². The van der Waals surface area contributed by atoms with Crippen LogP contribution in [0, 0.1) is 0 Å². The molecule has 19 heavy (non-hydrogen) atoms. The third-order valence-corrected chi connectivity index (χ3v) is 4.41. The molecule has 0 radical (unpaired) electrons. The van der Waals surface area contributed by atoms with E-state index in [0.29, 0.717) is 0 Å². The van der Waals surface area contributed by atoms with Crippen LogP contribution >= 0.6 is 12.4 Å². The van der Waals surface area contributed by atoms with Gasteiger partial charge in [-0.3, -0.25) is 0 Å². The molecule has 1 heterocycles. The van der Waals surface area contributed by atoms with Crippen LogP contribution in [0.3, 0.4) is 0 Å². The molecule has 1 aromatic heterocycles. The number of methoxy groups -OCH3 is 1. The molecule has 1 rings (SSSR count). The molecule has 110 valence electrons. The van der Waals surface area contributed by atoms with Crippen LogP contribution in [0.25, 0.3) is 0 Å². The monoisotopic (exact) mass is 312 g/mol. The van der Waals surface area contributed by atoms with Crippen LogP contribution in [0.15, 0.2) is 21.6 Å². The molecule has 0 aromatic carbocycles. The van der Waals surface area contributed by atoms with E-state index in [2.05, 4.69) is 4.74 Å². The maximum absolute atomic E-state index is 12.1. The molecular weight excluding hydrogens is 296 g/mol. The van der Waals surface area contributed by atoms with Crippen LogP contribution in [0.1, 0.15) is 17.5 Å². The fourth-order valence-electron chi connectivity index (χ4n) is 1.20. The summed E-state index contributed by atoms with van der Waals surface area (Å²) in [7, 11) is -1.21. The molecule has 1 aromatic rings. The summed E-state index contributed by atoms with van der Waals surface area (Å²) < 4.78 is 34.7. The highest BCUT2D eigenvalue weighted by Crippen LogP contribution is 2.19. The molecule has 0 bridgehead atoms. The zero-order valence-electron chi connectivity index (χ0n) is 10.8. The molecule has 0 fully saturated rings. The normalized spacial score (nSPS) is 12.9. The van der Waals surface area contributed by atoms with Gasteiger partial charge in [-0.1, -0.05) is 0 Å². The molecule has 0 amide bonds. The zero-order chi connectivity index (χ0) is 13.9. The summed E-state index contributed by atoms with van der Waals surface area (Å²) in [6, 6.07) is 2.09. The van der Waals surface area contributed by atoms with Gasteiger partial charge >= 0.3 is 5.97 Å². The molecule has 0 aliphatic carbocycles. The minimum atomic E-state index is -3.79. The van der Waals surface area contributed by atoms with E-state index in [-0.39, 0.29) is 35.8 Å². The highest BCUT2D eigenvalue weighted by atomic mass is 35.5. The van der Waals surface area contributed by atoms with E-state index in [1.807, 2.05) is 0 Å². The van der Waals surface area contributed by atoms with Gasteiger partial charge < -0.3 is 14.9 Å². The van der Waals surface area contributed by atoms with Crippen LogP contribution in [-0.4, -0.2) is 45.4 Å². The van der Waals surface area contributed by atoms with Gasteiger partial charge in [-0.2, -0.15) is 4.31 Å². The minimum Gasteiger partial charge on any atom is -0.463 e. The number of furan rings is 1. The highest BCUT2D eigenvalue weighted by molar-refractivity contribution is 7.89. The number of carbonyl (C=O) groups excluding carboxylic acids is 1. The maximum atomic E-state index is 12.1. The topological polar surface area (TPSA) is 103 Å². The number of esters is 1. The number of halogens is 1. The lowest BCUT2D eigenvalue weighted by Gasteiger charge is -2.21. The first-order valence-electron chi connectivity index (χ1n) is 5.20. The molecule has 0 aliphatic rings. The quantitative estimate of drug-likeness (QED) is 0.792. The van der Waals surface area contributed by atoms with Gasteiger partial charge in [0, 0.05) is 19.6 Å². The Kier molecular flexibility index (Phi) is 6.50. The van der Waals surface area contributed by atoms with Crippen LogP contribution < -0.4 is 5.73 Å². The van der Waals surface area contributed by atoms with Gasteiger partial charge in [0.15, 0.2) is 0 Å². The highest BCUT2D eigenvalue weighted by Gasteiger charge is 2.28. The first-order valence-corrected chi connectivity index (χ1v) is 6.64. The summed E-state index contributed by atoms with van der Waals surface area (Å²) in [6.45, 7) is 1.85. The molecule has 0 saturated carbocycles. The number of carbonyl (C=O) groups is 1. The van der Waals surface area contributed by atoms with Crippen molar-refractivity contribution in [3.05, 3.63) is 17.9 Å². The van der Waals surface area contributed by atoms with Crippen molar-refractivity contribution in [2.75, 3.05) is 20.7 Å². The number of sulfonamides is 1. The Bertz CT molecular complexity index is 528. The molecule has 1 atom stereocenters. The number of hydrogen-bond acceptors (Lipinski definition) is 6. The third-order valence-electron chi connectivity index (χ3n) is 2.56. The molecule has 0 aliphatic heterocycles. The first kappa shape index (κ1) is 17.9. The van der Waals surface area contributed by atoms with Crippen molar-refractivity contribution in [3.8, 4) is 0 Å². The summed E-state index contributed by atoms with van der Waals surface area (Å²) in [5.74, 6) is -0.893. The van der Waals surface area contributed by atoms with Crippen molar-refractivity contribution in [3.63, 3.8) is 0 Å². The zero-order valence-corrected chi connectivity index (χ0v) is 12.5. The van der Waals surface area contributed by atoms with E-state index in [1.165, 1.54) is 26.3 Å². The fraction of sp³-hybridized carbons (Fsp3) is 0.500. The maximum Gasteiger partial charge on any atom is 0.374 e. The Morgan fingerprint density at radius 3 is 2.58 bits per heavy atom. The summed E-state index contributed by atoms with van der Waals surface area (Å²) in [6.07, 6.45) is 0. The second-order valence-electron chi connectivity index (χ2n) is 3.72. The van der Waals surface area contributed by atoms with E-state index in [0.717, 1.165) is 4.31 Å². The predicted molar refractivity (Wildman–Crippen MR) is 70.8 cm³/mol. The van der Waals surface area contributed by atoms with E-state index in [4.69, 9.17) is 10.2 Å². The van der Waals surface area contributed by atoms with Gasteiger partial charge in [-0.25, -0.2) is 13.2 Å². The summed E-state index contributed by atoms with van der Waals surface area (Å²) in [5.41, 5.74) is 5.41. The SMILES string of the molecule is COC(=O)c1ccc(S(=O)(=O)N(C)C(C)CN)o1.Cl. The Labute approximate surface area is 118 Å². The van der Waals surface area contributed by atoms with Crippen LogP contribution in [-0.2, 0) is 14.8 Å². The first-order chi connectivity index (χ1) is 8.34. The summed E-state index contributed by atoms with van der Waals surface area (Å²) >= 11 is 0.